The van der Waals surface area contributed by atoms with Crippen molar-refractivity contribution in [2.45, 2.75) is 13.5 Å². The number of hydrogen-bond donors (Lipinski definition) is 0. The monoisotopic (exact) mass is 686 g/mol. The maximum atomic E-state index is 13.2. The highest BCUT2D eigenvalue weighted by atomic mass is 127. The third kappa shape index (κ3) is 6.37. The molecule has 3 aromatic carbocycles. The Morgan fingerprint density at radius 1 is 1.14 bits per heavy atom. The number of benzene rings is 3. The van der Waals surface area contributed by atoms with Gasteiger partial charge in [0.15, 0.2) is 15.8 Å². The van der Waals surface area contributed by atoms with Crippen molar-refractivity contribution in [1.29, 1.82) is 0 Å². The number of rotatable bonds is 8. The molecule has 0 aliphatic carbocycles. The minimum atomic E-state index is -0.447. The fraction of sp³-hybridized carbons (Fsp3) is 0.120. The summed E-state index contributed by atoms with van der Waals surface area (Å²) in [6.07, 6.45) is 1.74. The Labute approximate surface area is 246 Å². The molecular weight excluding hydrogens is 670 g/mol. The average molecular weight is 687 g/mol. The lowest BCUT2D eigenvalue weighted by molar-refractivity contribution is -0.384. The maximum absolute atomic E-state index is 13.2. The number of carbonyl (C=O) groups excluding carboxylic acids is 1. The SMILES string of the molecule is CCOc1cc(/C=C2\SC(=S)N(c3ccc(Cl)cc3Cl)C2=O)cc(I)c1OCc1ccc([N+](=O)[O-])cc1. The number of nitro benzene ring substituents is 1. The first-order valence-corrected chi connectivity index (χ1v) is 13.8. The van der Waals surface area contributed by atoms with Gasteiger partial charge in [0.1, 0.15) is 6.61 Å². The zero-order valence-electron chi connectivity index (χ0n) is 19.1. The number of thiocarbonyl (C=S) groups is 1. The molecule has 1 aliphatic heterocycles. The molecule has 0 N–H and O–H groups in total. The number of hydrogen-bond acceptors (Lipinski definition) is 7. The Kier molecular flexibility index (Phi) is 8.96. The molecule has 1 amide bonds. The Morgan fingerprint density at radius 3 is 2.51 bits per heavy atom. The van der Waals surface area contributed by atoms with Crippen LogP contribution in [0.3, 0.4) is 0 Å². The van der Waals surface area contributed by atoms with E-state index in [9.17, 15) is 14.9 Å². The third-order valence-corrected chi connectivity index (χ3v) is 7.75. The minimum Gasteiger partial charge on any atom is -0.490 e. The van der Waals surface area contributed by atoms with Crippen LogP contribution in [-0.2, 0) is 11.4 Å². The van der Waals surface area contributed by atoms with Gasteiger partial charge in [0.2, 0.25) is 0 Å². The lowest BCUT2D eigenvalue weighted by Crippen LogP contribution is -2.27. The zero-order valence-corrected chi connectivity index (χ0v) is 24.4. The molecule has 4 rings (SSSR count). The standard InChI is InChI=1S/C25H17Cl2IN2O5S2/c1-2-34-21-10-15(9-19(28)23(21)35-13-14-3-6-17(7-4-14)30(32)33)11-22-24(31)29(25(36)37-22)20-8-5-16(26)12-18(20)27/h3-12H,2,13H2,1H3/b22-11-. The van der Waals surface area contributed by atoms with Gasteiger partial charge in [-0.3, -0.25) is 19.8 Å². The van der Waals surface area contributed by atoms with E-state index in [0.717, 1.165) is 14.7 Å². The Balaban J connectivity index is 1.58. The number of halogens is 3. The van der Waals surface area contributed by atoms with Crippen LogP contribution in [0.1, 0.15) is 18.1 Å². The Morgan fingerprint density at radius 2 is 1.86 bits per heavy atom. The molecule has 0 atom stereocenters. The molecule has 7 nitrogen and oxygen atoms in total. The maximum Gasteiger partial charge on any atom is 0.270 e. The lowest BCUT2D eigenvalue weighted by atomic mass is 10.1. The summed E-state index contributed by atoms with van der Waals surface area (Å²) >= 11 is 21.1. The first kappa shape index (κ1) is 27.6. The summed E-state index contributed by atoms with van der Waals surface area (Å²) in [4.78, 5) is 25.5. The number of carbonyl (C=O) groups is 1. The molecule has 0 unspecified atom stereocenters. The predicted octanol–water partition coefficient (Wildman–Crippen LogP) is 7.89. The minimum absolute atomic E-state index is 0.0152. The van der Waals surface area contributed by atoms with Crippen molar-refractivity contribution in [3.63, 3.8) is 0 Å². The van der Waals surface area contributed by atoms with Gasteiger partial charge in [0.05, 0.1) is 30.7 Å². The van der Waals surface area contributed by atoms with E-state index in [2.05, 4.69) is 22.6 Å². The van der Waals surface area contributed by atoms with E-state index in [0.29, 0.717) is 43.1 Å². The fourth-order valence-electron chi connectivity index (χ4n) is 3.43. The van der Waals surface area contributed by atoms with Gasteiger partial charge in [-0.15, -0.1) is 0 Å². The number of thioether (sulfide) groups is 1. The van der Waals surface area contributed by atoms with Crippen LogP contribution >= 0.6 is 69.8 Å². The van der Waals surface area contributed by atoms with Crippen LogP contribution in [0.5, 0.6) is 11.5 Å². The molecule has 1 fully saturated rings. The molecule has 37 heavy (non-hydrogen) atoms. The van der Waals surface area contributed by atoms with E-state index < -0.39 is 4.92 Å². The van der Waals surface area contributed by atoms with Crippen molar-refractivity contribution < 1.29 is 19.2 Å². The largest absolute Gasteiger partial charge is 0.490 e. The Hall–Kier alpha value is -2.38. The molecule has 0 bridgehead atoms. The highest BCUT2D eigenvalue weighted by molar-refractivity contribution is 14.1. The molecule has 1 saturated heterocycles. The van der Waals surface area contributed by atoms with Crippen molar-refractivity contribution >= 4 is 97.5 Å². The first-order chi connectivity index (χ1) is 17.7. The summed E-state index contributed by atoms with van der Waals surface area (Å²) < 4.78 is 13.0. The number of nitro groups is 1. The second-order valence-electron chi connectivity index (χ2n) is 7.59. The first-order valence-electron chi connectivity index (χ1n) is 10.7. The van der Waals surface area contributed by atoms with Gasteiger partial charge in [0.25, 0.3) is 11.6 Å². The average Bonchev–Trinajstić information content (AvgIpc) is 3.11. The summed E-state index contributed by atoms with van der Waals surface area (Å²) in [6, 6.07) is 14.7. The second-order valence-corrected chi connectivity index (χ2v) is 11.3. The van der Waals surface area contributed by atoms with Crippen molar-refractivity contribution in [2.75, 3.05) is 11.5 Å². The second kappa shape index (κ2) is 12.0. The van der Waals surface area contributed by atoms with Crippen LogP contribution in [0.4, 0.5) is 11.4 Å². The molecule has 0 aromatic heterocycles. The Bertz CT molecular complexity index is 1430. The van der Waals surface area contributed by atoms with Gasteiger partial charge in [0, 0.05) is 17.2 Å². The molecule has 12 heteroatoms. The van der Waals surface area contributed by atoms with Crippen LogP contribution in [0.2, 0.25) is 10.0 Å². The van der Waals surface area contributed by atoms with Gasteiger partial charge >= 0.3 is 0 Å². The molecule has 1 heterocycles. The van der Waals surface area contributed by atoms with Crippen LogP contribution in [0.25, 0.3) is 6.08 Å². The van der Waals surface area contributed by atoms with Crippen molar-refractivity contribution in [3.05, 3.63) is 94.4 Å². The van der Waals surface area contributed by atoms with Crippen molar-refractivity contribution in [2.24, 2.45) is 0 Å². The molecule has 0 spiro atoms. The summed E-state index contributed by atoms with van der Waals surface area (Å²) in [7, 11) is 0. The van der Waals surface area contributed by atoms with Gasteiger partial charge in [-0.05, 0) is 89.2 Å². The van der Waals surface area contributed by atoms with E-state index in [4.69, 9.17) is 44.9 Å². The van der Waals surface area contributed by atoms with Crippen LogP contribution in [0.15, 0.2) is 59.5 Å². The number of ether oxygens (including phenoxy) is 2. The van der Waals surface area contributed by atoms with Gasteiger partial charge < -0.3 is 9.47 Å². The molecule has 0 saturated carbocycles. The lowest BCUT2D eigenvalue weighted by Gasteiger charge is -2.16. The quantitative estimate of drug-likeness (QED) is 0.0784. The molecule has 0 radical (unpaired) electrons. The number of nitrogens with zero attached hydrogens (tertiary/aromatic N) is 2. The summed E-state index contributed by atoms with van der Waals surface area (Å²) in [5, 5.41) is 11.7. The molecule has 3 aromatic rings. The van der Waals surface area contributed by atoms with E-state index in [1.807, 2.05) is 13.0 Å². The summed E-state index contributed by atoms with van der Waals surface area (Å²) in [5.41, 5.74) is 1.99. The number of non-ortho nitro benzene ring substituents is 1. The molecule has 190 valence electrons. The summed E-state index contributed by atoms with van der Waals surface area (Å²) in [6.45, 7) is 2.47. The zero-order chi connectivity index (χ0) is 26.7. The highest BCUT2D eigenvalue weighted by Crippen LogP contribution is 2.41. The highest BCUT2D eigenvalue weighted by Gasteiger charge is 2.34. The van der Waals surface area contributed by atoms with E-state index in [1.54, 1.807) is 42.5 Å². The van der Waals surface area contributed by atoms with Gasteiger partial charge in [-0.25, -0.2) is 0 Å². The van der Waals surface area contributed by atoms with Gasteiger partial charge in [-0.2, -0.15) is 0 Å². The third-order valence-electron chi connectivity index (χ3n) is 5.10. The smallest absolute Gasteiger partial charge is 0.270 e. The van der Waals surface area contributed by atoms with Crippen molar-refractivity contribution in [1.82, 2.24) is 0 Å². The van der Waals surface area contributed by atoms with E-state index in [1.165, 1.54) is 28.8 Å². The number of amides is 1. The molecule has 1 aliphatic rings. The summed E-state index contributed by atoms with van der Waals surface area (Å²) in [5.74, 6) is 0.767. The fourth-order valence-corrected chi connectivity index (χ4v) is 5.99. The number of anilines is 1. The van der Waals surface area contributed by atoms with Crippen molar-refractivity contribution in [3.8, 4) is 11.5 Å². The van der Waals surface area contributed by atoms with E-state index in [-0.39, 0.29) is 18.2 Å². The normalized spacial score (nSPS) is 14.4. The predicted molar refractivity (Wildman–Crippen MR) is 160 cm³/mol. The van der Waals surface area contributed by atoms with E-state index >= 15 is 0 Å². The van der Waals surface area contributed by atoms with Crippen LogP contribution in [0, 0.1) is 13.7 Å². The van der Waals surface area contributed by atoms with Crippen LogP contribution in [-0.4, -0.2) is 21.8 Å². The van der Waals surface area contributed by atoms with Gasteiger partial charge in [-0.1, -0.05) is 47.2 Å². The van der Waals surface area contributed by atoms with Crippen LogP contribution < -0.4 is 14.4 Å². The molecular formula is C25H17Cl2IN2O5S2. The topological polar surface area (TPSA) is 81.9 Å².